The van der Waals surface area contributed by atoms with E-state index in [0.29, 0.717) is 11.6 Å². The Morgan fingerprint density at radius 3 is 2.69 bits per heavy atom. The van der Waals surface area contributed by atoms with Crippen LogP contribution in [-0.2, 0) is 6.61 Å². The second-order valence-corrected chi connectivity index (χ2v) is 2.50. The molecule has 2 heterocycles. The van der Waals surface area contributed by atoms with Crippen LogP contribution >= 0.6 is 0 Å². The van der Waals surface area contributed by atoms with Crippen LogP contribution in [0.3, 0.4) is 0 Å². The lowest BCUT2D eigenvalue weighted by atomic mass is 10.2. The molecule has 0 bridgehead atoms. The zero-order valence-electron chi connectivity index (χ0n) is 6.81. The molecule has 0 saturated carbocycles. The van der Waals surface area contributed by atoms with Crippen LogP contribution in [0.15, 0.2) is 24.5 Å². The summed E-state index contributed by atoms with van der Waals surface area (Å²) in [5, 5.41) is 15.3. The molecule has 2 rings (SSSR count). The van der Waals surface area contributed by atoms with Crippen LogP contribution in [0.5, 0.6) is 0 Å². The van der Waals surface area contributed by atoms with Gasteiger partial charge in [0.15, 0.2) is 11.6 Å². The van der Waals surface area contributed by atoms with Crippen molar-refractivity contribution in [2.24, 2.45) is 0 Å². The van der Waals surface area contributed by atoms with Gasteiger partial charge in [0.1, 0.15) is 6.61 Å². The molecule has 2 aromatic heterocycles. The van der Waals surface area contributed by atoms with Crippen molar-refractivity contribution in [3.63, 3.8) is 0 Å². The third-order valence-electron chi connectivity index (χ3n) is 1.62. The predicted molar refractivity (Wildman–Crippen MR) is 45.5 cm³/mol. The number of nitrogens with zero attached hydrogens (tertiary/aromatic N) is 3. The maximum absolute atomic E-state index is 8.75. The van der Waals surface area contributed by atoms with Crippen LogP contribution in [0.4, 0.5) is 0 Å². The van der Waals surface area contributed by atoms with E-state index in [4.69, 9.17) is 5.11 Å². The second-order valence-electron chi connectivity index (χ2n) is 2.50. The summed E-state index contributed by atoms with van der Waals surface area (Å²) in [6.45, 7) is -0.127. The fourth-order valence-corrected chi connectivity index (χ4v) is 0.996. The molecule has 0 radical (unpaired) electrons. The molecule has 0 aromatic carbocycles. The van der Waals surface area contributed by atoms with Gasteiger partial charge in [-0.2, -0.15) is 5.10 Å². The van der Waals surface area contributed by atoms with Gasteiger partial charge in [-0.05, 0) is 12.1 Å². The quantitative estimate of drug-likeness (QED) is 0.692. The summed E-state index contributed by atoms with van der Waals surface area (Å²) in [6, 6.07) is 3.62. The summed E-state index contributed by atoms with van der Waals surface area (Å²) < 4.78 is 0. The topological polar surface area (TPSA) is 74.7 Å². The number of nitrogens with one attached hydrogen (secondary N) is 1. The minimum Gasteiger partial charge on any atom is -0.388 e. The molecule has 13 heavy (non-hydrogen) atoms. The fraction of sp³-hybridized carbons (Fsp3) is 0.125. The van der Waals surface area contributed by atoms with Gasteiger partial charge in [-0.15, -0.1) is 0 Å². The van der Waals surface area contributed by atoms with E-state index in [1.807, 2.05) is 12.1 Å². The minimum absolute atomic E-state index is 0.127. The summed E-state index contributed by atoms with van der Waals surface area (Å²) in [6.07, 6.45) is 3.34. The first-order chi connectivity index (χ1) is 6.40. The molecule has 2 aromatic rings. The molecule has 0 unspecified atom stereocenters. The van der Waals surface area contributed by atoms with Crippen LogP contribution in [0.1, 0.15) is 5.82 Å². The fourth-order valence-electron chi connectivity index (χ4n) is 0.996. The molecule has 0 fully saturated rings. The molecule has 0 saturated heterocycles. The summed E-state index contributed by atoms with van der Waals surface area (Å²) >= 11 is 0. The monoisotopic (exact) mass is 176 g/mol. The molecule has 0 amide bonds. The third-order valence-corrected chi connectivity index (χ3v) is 1.62. The summed E-state index contributed by atoms with van der Waals surface area (Å²) in [5.41, 5.74) is 0.881. The Labute approximate surface area is 74.5 Å². The van der Waals surface area contributed by atoms with Crippen LogP contribution < -0.4 is 0 Å². The molecular weight excluding hydrogens is 168 g/mol. The van der Waals surface area contributed by atoms with Crippen molar-refractivity contribution < 1.29 is 5.11 Å². The van der Waals surface area contributed by atoms with Gasteiger partial charge in [0, 0.05) is 18.0 Å². The Hall–Kier alpha value is -1.75. The number of aromatic amines is 1. The maximum Gasteiger partial charge on any atom is 0.181 e. The zero-order valence-corrected chi connectivity index (χ0v) is 6.81. The van der Waals surface area contributed by atoms with Gasteiger partial charge >= 0.3 is 0 Å². The molecular formula is C8H8N4O. The first-order valence-corrected chi connectivity index (χ1v) is 3.82. The van der Waals surface area contributed by atoms with Crippen LogP contribution in [-0.4, -0.2) is 25.3 Å². The summed E-state index contributed by atoms with van der Waals surface area (Å²) in [5.74, 6) is 1.04. The number of rotatable bonds is 2. The number of hydrogen-bond donors (Lipinski definition) is 2. The van der Waals surface area contributed by atoms with Crippen molar-refractivity contribution in [3.8, 4) is 11.4 Å². The first-order valence-electron chi connectivity index (χ1n) is 3.82. The molecule has 0 aliphatic heterocycles. The standard InChI is InChI=1S/C8H8N4O/c13-5-7-10-8(12-11-7)6-1-3-9-4-2-6/h1-4,13H,5H2,(H,10,11,12). The Balaban J connectivity index is 2.36. The molecule has 0 atom stereocenters. The van der Waals surface area contributed by atoms with Crippen molar-refractivity contribution >= 4 is 0 Å². The average Bonchev–Trinajstić information content (AvgIpc) is 2.67. The van der Waals surface area contributed by atoms with Crippen molar-refractivity contribution in [1.82, 2.24) is 20.2 Å². The van der Waals surface area contributed by atoms with Gasteiger partial charge in [-0.1, -0.05) is 0 Å². The molecule has 2 N–H and O–H groups in total. The lowest BCUT2D eigenvalue weighted by Gasteiger charge is -1.90. The number of aromatic nitrogens is 4. The average molecular weight is 176 g/mol. The van der Waals surface area contributed by atoms with Gasteiger partial charge in [-0.25, -0.2) is 4.98 Å². The van der Waals surface area contributed by atoms with E-state index in [0.717, 1.165) is 5.56 Å². The number of H-pyrrole nitrogens is 1. The maximum atomic E-state index is 8.75. The normalized spacial score (nSPS) is 10.2. The number of hydrogen-bond acceptors (Lipinski definition) is 4. The smallest absolute Gasteiger partial charge is 0.181 e. The number of aliphatic hydroxyl groups is 1. The lowest BCUT2D eigenvalue weighted by Crippen LogP contribution is -1.84. The molecule has 0 aliphatic carbocycles. The second kappa shape index (κ2) is 3.32. The van der Waals surface area contributed by atoms with Crippen molar-refractivity contribution in [3.05, 3.63) is 30.4 Å². The zero-order chi connectivity index (χ0) is 9.10. The SMILES string of the molecule is OCc1nc(-c2ccncc2)n[nH]1. The highest BCUT2D eigenvalue weighted by Gasteiger charge is 2.03. The predicted octanol–water partition coefficient (Wildman–Crippen LogP) is 0.359. The van der Waals surface area contributed by atoms with Crippen molar-refractivity contribution in [2.45, 2.75) is 6.61 Å². The van der Waals surface area contributed by atoms with Gasteiger partial charge in [0.25, 0.3) is 0 Å². The van der Waals surface area contributed by atoms with E-state index in [1.54, 1.807) is 12.4 Å². The largest absolute Gasteiger partial charge is 0.388 e. The van der Waals surface area contributed by atoms with Gasteiger partial charge < -0.3 is 5.11 Å². The van der Waals surface area contributed by atoms with Crippen LogP contribution in [0.2, 0.25) is 0 Å². The first kappa shape index (κ1) is 7.88. The van der Waals surface area contributed by atoms with E-state index in [1.165, 1.54) is 0 Å². The Bertz CT molecular complexity index is 384. The van der Waals surface area contributed by atoms with Crippen molar-refractivity contribution in [1.29, 1.82) is 0 Å². The van der Waals surface area contributed by atoms with Gasteiger partial charge in [-0.3, -0.25) is 10.1 Å². The number of aliphatic hydroxyl groups excluding tert-OH is 1. The van der Waals surface area contributed by atoms with E-state index in [2.05, 4.69) is 20.2 Å². The van der Waals surface area contributed by atoms with E-state index >= 15 is 0 Å². The Kier molecular flexibility index (Phi) is 2.01. The highest BCUT2D eigenvalue weighted by Crippen LogP contribution is 2.11. The highest BCUT2D eigenvalue weighted by atomic mass is 16.3. The molecule has 66 valence electrons. The van der Waals surface area contributed by atoms with E-state index in [9.17, 15) is 0 Å². The summed E-state index contributed by atoms with van der Waals surface area (Å²) in [7, 11) is 0. The van der Waals surface area contributed by atoms with Crippen LogP contribution in [0, 0.1) is 0 Å². The molecule has 0 spiro atoms. The lowest BCUT2D eigenvalue weighted by molar-refractivity contribution is 0.272. The van der Waals surface area contributed by atoms with Crippen molar-refractivity contribution in [2.75, 3.05) is 0 Å². The Morgan fingerprint density at radius 1 is 1.31 bits per heavy atom. The molecule has 0 aliphatic rings. The highest BCUT2D eigenvalue weighted by molar-refractivity contribution is 5.52. The van der Waals surface area contributed by atoms with E-state index in [-0.39, 0.29) is 6.61 Å². The van der Waals surface area contributed by atoms with Gasteiger partial charge in [0.2, 0.25) is 0 Å². The molecule has 5 nitrogen and oxygen atoms in total. The van der Waals surface area contributed by atoms with Gasteiger partial charge in [0.05, 0.1) is 0 Å². The summed E-state index contributed by atoms with van der Waals surface area (Å²) in [4.78, 5) is 7.94. The minimum atomic E-state index is -0.127. The molecule has 5 heteroatoms. The third kappa shape index (κ3) is 1.54. The Morgan fingerprint density at radius 2 is 2.08 bits per heavy atom. The number of pyridine rings is 1. The van der Waals surface area contributed by atoms with Crippen LogP contribution in [0.25, 0.3) is 11.4 Å². The van der Waals surface area contributed by atoms with E-state index < -0.39 is 0 Å².